The molecule has 0 bridgehead atoms. The highest BCUT2D eigenvalue weighted by molar-refractivity contribution is 5.91. The van der Waals surface area contributed by atoms with E-state index in [2.05, 4.69) is 32.0 Å². The Hall–Kier alpha value is -2.17. The molecule has 90 valence electrons. The van der Waals surface area contributed by atoms with Gasteiger partial charge in [0.05, 0.1) is 5.52 Å². The fourth-order valence-electron chi connectivity index (χ4n) is 2.41. The van der Waals surface area contributed by atoms with E-state index in [4.69, 9.17) is 0 Å². The molecule has 2 aromatic heterocycles. The summed E-state index contributed by atoms with van der Waals surface area (Å²) in [5, 5.41) is 14.0. The SMILES string of the molecule is Cn1nc(-c2nncn2C2CC2)c2ccccc21. The molecule has 0 amide bonds. The van der Waals surface area contributed by atoms with Crippen LogP contribution in [0.4, 0.5) is 0 Å². The summed E-state index contributed by atoms with van der Waals surface area (Å²) in [4.78, 5) is 0. The van der Waals surface area contributed by atoms with Crippen molar-refractivity contribution in [1.82, 2.24) is 24.5 Å². The molecule has 2 heterocycles. The Kier molecular flexibility index (Phi) is 1.86. The molecule has 0 aliphatic heterocycles. The molecule has 3 aromatic rings. The molecule has 0 spiro atoms. The molecule has 5 heteroatoms. The van der Waals surface area contributed by atoms with Crippen LogP contribution in [0, 0.1) is 0 Å². The van der Waals surface area contributed by atoms with Crippen molar-refractivity contribution in [2.45, 2.75) is 18.9 Å². The van der Waals surface area contributed by atoms with Crippen molar-refractivity contribution in [3.05, 3.63) is 30.6 Å². The van der Waals surface area contributed by atoms with E-state index < -0.39 is 0 Å². The van der Waals surface area contributed by atoms with Gasteiger partial charge in [-0.05, 0) is 18.9 Å². The second-order valence-electron chi connectivity index (χ2n) is 4.78. The molecule has 1 aromatic carbocycles. The number of hydrogen-bond acceptors (Lipinski definition) is 3. The number of benzene rings is 1. The quantitative estimate of drug-likeness (QED) is 0.688. The van der Waals surface area contributed by atoms with Gasteiger partial charge in [-0.25, -0.2) is 0 Å². The van der Waals surface area contributed by atoms with Crippen LogP contribution in [0.3, 0.4) is 0 Å². The second-order valence-corrected chi connectivity index (χ2v) is 4.78. The first-order chi connectivity index (χ1) is 8.84. The smallest absolute Gasteiger partial charge is 0.185 e. The van der Waals surface area contributed by atoms with E-state index in [1.165, 1.54) is 12.8 Å². The number of aryl methyl sites for hydroxylation is 1. The third-order valence-electron chi connectivity index (χ3n) is 3.48. The lowest BCUT2D eigenvalue weighted by molar-refractivity contribution is 0.736. The first-order valence-electron chi connectivity index (χ1n) is 6.16. The maximum Gasteiger partial charge on any atom is 0.185 e. The van der Waals surface area contributed by atoms with Gasteiger partial charge in [0.1, 0.15) is 12.0 Å². The molecule has 0 atom stereocenters. The van der Waals surface area contributed by atoms with Crippen molar-refractivity contribution < 1.29 is 0 Å². The van der Waals surface area contributed by atoms with Crippen LogP contribution < -0.4 is 0 Å². The van der Waals surface area contributed by atoms with Crippen LogP contribution in [-0.2, 0) is 7.05 Å². The van der Waals surface area contributed by atoms with Gasteiger partial charge in [0.15, 0.2) is 5.82 Å². The van der Waals surface area contributed by atoms with E-state index in [-0.39, 0.29) is 0 Å². The summed E-state index contributed by atoms with van der Waals surface area (Å²) in [7, 11) is 1.96. The van der Waals surface area contributed by atoms with Crippen LogP contribution in [-0.4, -0.2) is 24.5 Å². The lowest BCUT2D eigenvalue weighted by Crippen LogP contribution is -1.97. The van der Waals surface area contributed by atoms with E-state index in [1.807, 2.05) is 30.2 Å². The number of fused-ring (bicyclic) bond motifs is 1. The Bertz CT molecular complexity index is 720. The van der Waals surface area contributed by atoms with E-state index in [0.717, 1.165) is 22.4 Å². The minimum atomic E-state index is 0.566. The maximum absolute atomic E-state index is 4.60. The summed E-state index contributed by atoms with van der Waals surface area (Å²) in [5.74, 6) is 0.884. The van der Waals surface area contributed by atoms with E-state index >= 15 is 0 Å². The minimum absolute atomic E-state index is 0.566. The van der Waals surface area contributed by atoms with Gasteiger partial charge in [0, 0.05) is 18.5 Å². The van der Waals surface area contributed by atoms with E-state index in [0.29, 0.717) is 6.04 Å². The van der Waals surface area contributed by atoms with Crippen LogP contribution in [0.1, 0.15) is 18.9 Å². The summed E-state index contributed by atoms with van der Waals surface area (Å²) in [6.45, 7) is 0. The molecule has 0 saturated heterocycles. The fourth-order valence-corrected chi connectivity index (χ4v) is 2.41. The van der Waals surface area contributed by atoms with Crippen molar-refractivity contribution in [2.24, 2.45) is 7.05 Å². The van der Waals surface area contributed by atoms with Gasteiger partial charge >= 0.3 is 0 Å². The van der Waals surface area contributed by atoms with Crippen molar-refractivity contribution in [1.29, 1.82) is 0 Å². The first kappa shape index (κ1) is 9.82. The van der Waals surface area contributed by atoms with Gasteiger partial charge in [-0.1, -0.05) is 18.2 Å². The second kappa shape index (κ2) is 3.41. The Balaban J connectivity index is 1.99. The van der Waals surface area contributed by atoms with Crippen molar-refractivity contribution >= 4 is 10.9 Å². The minimum Gasteiger partial charge on any atom is -0.309 e. The molecule has 4 rings (SSSR count). The number of hydrogen-bond donors (Lipinski definition) is 0. The predicted molar refractivity (Wildman–Crippen MR) is 68.0 cm³/mol. The highest BCUT2D eigenvalue weighted by atomic mass is 15.3. The average Bonchev–Trinajstić information content (AvgIpc) is 3.04. The Morgan fingerprint density at radius 2 is 2.06 bits per heavy atom. The van der Waals surface area contributed by atoms with Crippen LogP contribution >= 0.6 is 0 Å². The summed E-state index contributed by atoms with van der Waals surface area (Å²) >= 11 is 0. The Morgan fingerprint density at radius 1 is 1.22 bits per heavy atom. The zero-order valence-electron chi connectivity index (χ0n) is 10.1. The van der Waals surface area contributed by atoms with Crippen molar-refractivity contribution in [3.63, 3.8) is 0 Å². The van der Waals surface area contributed by atoms with E-state index in [1.54, 1.807) is 0 Å². The highest BCUT2D eigenvalue weighted by Gasteiger charge is 2.28. The molecular weight excluding hydrogens is 226 g/mol. The molecule has 1 aliphatic rings. The monoisotopic (exact) mass is 239 g/mol. The van der Waals surface area contributed by atoms with Gasteiger partial charge in [-0.3, -0.25) is 4.68 Å². The molecule has 1 aliphatic carbocycles. The summed E-state index contributed by atoms with van der Waals surface area (Å²) in [6, 6.07) is 8.79. The lowest BCUT2D eigenvalue weighted by Gasteiger charge is -2.01. The number of rotatable bonds is 2. The van der Waals surface area contributed by atoms with E-state index in [9.17, 15) is 0 Å². The standard InChI is InChI=1S/C13H13N5/c1-17-11-5-3-2-4-10(11)12(16-17)13-15-14-8-18(13)9-6-7-9/h2-5,8-9H,6-7H2,1H3. The first-order valence-corrected chi connectivity index (χ1v) is 6.16. The number of nitrogens with zero attached hydrogens (tertiary/aromatic N) is 5. The largest absolute Gasteiger partial charge is 0.309 e. The van der Waals surface area contributed by atoms with Gasteiger partial charge in [-0.2, -0.15) is 5.10 Å². The molecule has 18 heavy (non-hydrogen) atoms. The zero-order valence-corrected chi connectivity index (χ0v) is 10.1. The number of aromatic nitrogens is 5. The molecule has 1 fully saturated rings. The molecule has 0 radical (unpaired) electrons. The average molecular weight is 239 g/mol. The van der Waals surface area contributed by atoms with Gasteiger partial charge < -0.3 is 4.57 Å². The van der Waals surface area contributed by atoms with Crippen molar-refractivity contribution in [2.75, 3.05) is 0 Å². The number of para-hydroxylation sites is 1. The van der Waals surface area contributed by atoms with Crippen LogP contribution in [0.2, 0.25) is 0 Å². The predicted octanol–water partition coefficient (Wildman–Crippen LogP) is 2.17. The van der Waals surface area contributed by atoms with Crippen LogP contribution in [0.25, 0.3) is 22.4 Å². The molecule has 5 nitrogen and oxygen atoms in total. The molecule has 1 saturated carbocycles. The molecule has 0 N–H and O–H groups in total. The summed E-state index contributed by atoms with van der Waals surface area (Å²) in [5.41, 5.74) is 2.05. The van der Waals surface area contributed by atoms with Crippen molar-refractivity contribution in [3.8, 4) is 11.5 Å². The van der Waals surface area contributed by atoms with Gasteiger partial charge in [0.2, 0.25) is 0 Å². The third-order valence-corrected chi connectivity index (χ3v) is 3.48. The van der Waals surface area contributed by atoms with Crippen LogP contribution in [0.15, 0.2) is 30.6 Å². The summed E-state index contributed by atoms with van der Waals surface area (Å²) in [6.07, 6.45) is 4.25. The maximum atomic E-state index is 4.60. The highest BCUT2D eigenvalue weighted by Crippen LogP contribution is 2.38. The Morgan fingerprint density at radius 3 is 2.89 bits per heavy atom. The zero-order chi connectivity index (χ0) is 12.1. The normalized spacial score (nSPS) is 15.4. The Labute approximate surface area is 104 Å². The summed E-state index contributed by atoms with van der Waals surface area (Å²) < 4.78 is 4.05. The fraction of sp³-hybridized carbons (Fsp3) is 0.308. The molecular formula is C13H13N5. The topological polar surface area (TPSA) is 48.5 Å². The van der Waals surface area contributed by atoms with Crippen LogP contribution in [0.5, 0.6) is 0 Å². The molecule has 0 unspecified atom stereocenters. The third kappa shape index (κ3) is 1.30. The van der Waals surface area contributed by atoms with Gasteiger partial charge in [-0.15, -0.1) is 10.2 Å². The van der Waals surface area contributed by atoms with Gasteiger partial charge in [0.25, 0.3) is 0 Å². The lowest BCUT2D eigenvalue weighted by atomic mass is 10.2.